The number of benzene rings is 3. The van der Waals surface area contributed by atoms with Gasteiger partial charge in [-0.15, -0.1) is 0 Å². The van der Waals surface area contributed by atoms with Gasteiger partial charge in [0.15, 0.2) is 11.5 Å². The number of nitrogens with zero attached hydrogens (tertiary/aromatic N) is 2. The first-order valence-corrected chi connectivity index (χ1v) is 11.2. The minimum absolute atomic E-state index is 0.0547. The molecule has 0 saturated carbocycles. The topological polar surface area (TPSA) is 52.5 Å². The largest absolute Gasteiger partial charge is 0.496 e. The van der Waals surface area contributed by atoms with Crippen LogP contribution in [0.1, 0.15) is 35.4 Å². The fourth-order valence-electron chi connectivity index (χ4n) is 4.33. The molecule has 2 aliphatic rings. The van der Waals surface area contributed by atoms with Crippen LogP contribution in [0.3, 0.4) is 0 Å². The molecule has 0 fully saturated rings. The van der Waals surface area contributed by atoms with Gasteiger partial charge in [0.25, 0.3) is 0 Å². The number of ether oxygens (including phenoxy) is 4. The van der Waals surface area contributed by atoms with Crippen LogP contribution in [0, 0.1) is 0 Å². The van der Waals surface area contributed by atoms with E-state index >= 15 is 0 Å². The molecule has 0 spiro atoms. The third-order valence-electron chi connectivity index (χ3n) is 5.93. The fraction of sp³-hybridized carbons (Fsp3) is 0.240. The molecule has 2 atom stereocenters. The molecule has 3 aromatic rings. The normalized spacial score (nSPS) is 18.7. The molecule has 8 heteroatoms. The summed E-state index contributed by atoms with van der Waals surface area (Å²) in [7, 11) is 4.81. The smallest absolute Gasteiger partial charge is 0.217 e. The van der Waals surface area contributed by atoms with Crippen molar-refractivity contribution in [3.8, 4) is 23.0 Å². The maximum Gasteiger partial charge on any atom is 0.217 e. The van der Waals surface area contributed by atoms with Crippen molar-refractivity contribution in [1.82, 2.24) is 5.01 Å². The lowest BCUT2D eigenvalue weighted by molar-refractivity contribution is -0.0204. The maximum absolute atomic E-state index is 6.47. The summed E-state index contributed by atoms with van der Waals surface area (Å²) < 4.78 is 23.2. The molecule has 170 valence electrons. The molecule has 0 radical (unpaired) electrons. The summed E-state index contributed by atoms with van der Waals surface area (Å²) in [5.74, 6) is 2.53. The van der Waals surface area contributed by atoms with E-state index in [4.69, 9.17) is 47.3 Å². The number of halogens is 2. The average Bonchev–Trinajstić information content (AvgIpc) is 3.29. The van der Waals surface area contributed by atoms with Crippen molar-refractivity contribution >= 4 is 28.9 Å². The first-order valence-electron chi connectivity index (χ1n) is 10.4. The Morgan fingerprint density at radius 1 is 0.818 bits per heavy atom. The average molecular weight is 485 g/mol. The summed E-state index contributed by atoms with van der Waals surface area (Å²) in [4.78, 5) is 0. The highest BCUT2D eigenvalue weighted by Crippen LogP contribution is 2.50. The van der Waals surface area contributed by atoms with Gasteiger partial charge < -0.3 is 18.9 Å². The second-order valence-corrected chi connectivity index (χ2v) is 8.63. The molecule has 2 aliphatic heterocycles. The van der Waals surface area contributed by atoms with E-state index in [1.54, 1.807) is 27.4 Å². The number of hydrazone groups is 1. The van der Waals surface area contributed by atoms with Crippen molar-refractivity contribution in [3.63, 3.8) is 0 Å². The number of methoxy groups -OCH3 is 3. The van der Waals surface area contributed by atoms with E-state index < -0.39 is 6.23 Å². The number of hydrogen-bond acceptors (Lipinski definition) is 6. The van der Waals surface area contributed by atoms with Crippen LogP contribution in [0.15, 0.2) is 59.7 Å². The highest BCUT2D eigenvalue weighted by atomic mass is 35.5. The molecule has 0 saturated heterocycles. The van der Waals surface area contributed by atoms with Gasteiger partial charge in [0, 0.05) is 28.1 Å². The van der Waals surface area contributed by atoms with Crippen LogP contribution in [-0.4, -0.2) is 32.0 Å². The second kappa shape index (κ2) is 8.69. The van der Waals surface area contributed by atoms with Gasteiger partial charge in [0.1, 0.15) is 11.5 Å². The number of fused-ring (bicyclic) bond motifs is 3. The predicted octanol–water partition coefficient (Wildman–Crippen LogP) is 6.26. The Labute approximate surface area is 202 Å². The van der Waals surface area contributed by atoms with Gasteiger partial charge >= 0.3 is 0 Å². The van der Waals surface area contributed by atoms with E-state index in [1.165, 1.54) is 0 Å². The summed E-state index contributed by atoms with van der Waals surface area (Å²) in [6.07, 6.45) is 0.160. The summed E-state index contributed by atoms with van der Waals surface area (Å²) in [6.45, 7) is 0. The molecule has 2 heterocycles. The molecular weight excluding hydrogens is 463 g/mol. The van der Waals surface area contributed by atoms with Crippen molar-refractivity contribution < 1.29 is 18.9 Å². The zero-order valence-corrected chi connectivity index (χ0v) is 19.9. The van der Waals surface area contributed by atoms with Gasteiger partial charge in [0.05, 0.1) is 38.6 Å². The van der Waals surface area contributed by atoms with E-state index in [-0.39, 0.29) is 6.04 Å². The third-order valence-corrected chi connectivity index (χ3v) is 6.42. The summed E-state index contributed by atoms with van der Waals surface area (Å²) in [6, 6.07) is 17.0. The summed E-state index contributed by atoms with van der Waals surface area (Å²) in [5.41, 5.74) is 3.72. The van der Waals surface area contributed by atoms with Crippen LogP contribution in [-0.2, 0) is 0 Å². The van der Waals surface area contributed by atoms with Gasteiger partial charge in [-0.1, -0.05) is 35.3 Å². The quantitative estimate of drug-likeness (QED) is 0.427. The monoisotopic (exact) mass is 484 g/mol. The van der Waals surface area contributed by atoms with E-state index in [2.05, 4.69) is 0 Å². The molecule has 0 aromatic heterocycles. The van der Waals surface area contributed by atoms with Gasteiger partial charge in [-0.05, 0) is 42.0 Å². The van der Waals surface area contributed by atoms with E-state index in [0.29, 0.717) is 33.7 Å². The number of hydrogen-bond donors (Lipinski definition) is 0. The van der Waals surface area contributed by atoms with E-state index in [1.807, 2.05) is 53.5 Å². The molecule has 5 rings (SSSR count). The molecule has 6 nitrogen and oxygen atoms in total. The first-order chi connectivity index (χ1) is 16.0. The summed E-state index contributed by atoms with van der Waals surface area (Å²) in [5, 5.41) is 8.28. The second-order valence-electron chi connectivity index (χ2n) is 7.76. The lowest BCUT2D eigenvalue weighted by Gasteiger charge is -2.38. The van der Waals surface area contributed by atoms with Crippen LogP contribution >= 0.6 is 23.2 Å². The molecule has 0 bridgehead atoms. The molecule has 0 unspecified atom stereocenters. The first kappa shape index (κ1) is 21.7. The van der Waals surface area contributed by atoms with Crippen molar-refractivity contribution in [2.24, 2.45) is 5.10 Å². The van der Waals surface area contributed by atoms with Crippen molar-refractivity contribution in [3.05, 3.63) is 81.3 Å². The van der Waals surface area contributed by atoms with Crippen molar-refractivity contribution in [2.75, 3.05) is 21.3 Å². The van der Waals surface area contributed by atoms with Crippen LogP contribution in [0.5, 0.6) is 23.0 Å². The van der Waals surface area contributed by atoms with Gasteiger partial charge in [-0.3, -0.25) is 0 Å². The lowest BCUT2D eigenvalue weighted by Crippen LogP contribution is -2.34. The Morgan fingerprint density at radius 2 is 1.48 bits per heavy atom. The van der Waals surface area contributed by atoms with Crippen LogP contribution in [0.4, 0.5) is 0 Å². The number of rotatable bonds is 5. The van der Waals surface area contributed by atoms with E-state index in [0.717, 1.165) is 28.2 Å². The van der Waals surface area contributed by atoms with Gasteiger partial charge in [-0.2, -0.15) is 5.10 Å². The summed E-state index contributed by atoms with van der Waals surface area (Å²) >= 11 is 12.4. The highest BCUT2D eigenvalue weighted by Gasteiger charge is 2.42. The van der Waals surface area contributed by atoms with Crippen molar-refractivity contribution in [1.29, 1.82) is 0 Å². The minimum Gasteiger partial charge on any atom is -0.496 e. The molecule has 0 amide bonds. The zero-order valence-electron chi connectivity index (χ0n) is 18.3. The predicted molar refractivity (Wildman–Crippen MR) is 128 cm³/mol. The highest BCUT2D eigenvalue weighted by molar-refractivity contribution is 6.31. The fourth-order valence-corrected chi connectivity index (χ4v) is 4.63. The molecule has 3 aromatic carbocycles. The molecule has 0 N–H and O–H groups in total. The molecule has 0 aliphatic carbocycles. The van der Waals surface area contributed by atoms with Crippen LogP contribution in [0.2, 0.25) is 10.0 Å². The standard InChI is InChI=1S/C25H22Cl2N2O4/c1-30-22-13-24(32-3)23(31-2)11-18(22)25-29-20(17-10-16(27)8-9-21(17)33-25)12-19(28-29)14-4-6-15(26)7-5-14/h4-11,13,20,25H,12H2,1-3H3/t20-,25+/m1/s1. The molecular formula is C25H22Cl2N2O4. The Morgan fingerprint density at radius 3 is 2.18 bits per heavy atom. The zero-order chi connectivity index (χ0) is 23.1. The SMILES string of the molecule is COc1cc(OC)c([C@@H]2Oc3ccc(Cl)cc3[C@H]3CC(c4ccc(Cl)cc4)=NN32)cc1OC. The van der Waals surface area contributed by atoms with Crippen LogP contribution < -0.4 is 18.9 Å². The van der Waals surface area contributed by atoms with E-state index in [9.17, 15) is 0 Å². The Balaban J connectivity index is 1.64. The minimum atomic E-state index is -0.539. The Hall–Kier alpha value is -3.09. The third kappa shape index (κ3) is 3.83. The maximum atomic E-state index is 6.47. The molecule has 33 heavy (non-hydrogen) atoms. The lowest BCUT2D eigenvalue weighted by atomic mass is 9.95. The van der Waals surface area contributed by atoms with Crippen molar-refractivity contribution in [2.45, 2.75) is 18.7 Å². The van der Waals surface area contributed by atoms with Crippen LogP contribution in [0.25, 0.3) is 0 Å². The van der Waals surface area contributed by atoms with Gasteiger partial charge in [-0.25, -0.2) is 5.01 Å². The Kier molecular flexibility index (Phi) is 5.72. The Bertz CT molecular complexity index is 1230. The van der Waals surface area contributed by atoms with Gasteiger partial charge in [0.2, 0.25) is 6.23 Å².